The van der Waals surface area contributed by atoms with Crippen LogP contribution in [0.4, 0.5) is 0 Å². The summed E-state index contributed by atoms with van der Waals surface area (Å²) in [7, 11) is 0. The molecule has 1 amide bonds. The van der Waals surface area contributed by atoms with Crippen LogP contribution in [0.5, 0.6) is 0 Å². The molecule has 0 saturated heterocycles. The molecule has 0 aromatic carbocycles. The van der Waals surface area contributed by atoms with Gasteiger partial charge in [0.05, 0.1) is 13.1 Å². The third-order valence-electron chi connectivity index (χ3n) is 2.85. The van der Waals surface area contributed by atoms with Crippen molar-refractivity contribution in [2.75, 3.05) is 6.54 Å². The van der Waals surface area contributed by atoms with E-state index in [1.165, 1.54) is 12.8 Å². The number of hydrogen-bond donors (Lipinski definition) is 2. The van der Waals surface area contributed by atoms with E-state index in [0.717, 1.165) is 12.8 Å². The molecule has 17 heavy (non-hydrogen) atoms. The van der Waals surface area contributed by atoms with Gasteiger partial charge < -0.3 is 9.84 Å². The zero-order valence-electron chi connectivity index (χ0n) is 10.0. The topological polar surface area (TPSA) is 80.0 Å². The van der Waals surface area contributed by atoms with E-state index in [9.17, 15) is 4.79 Å². The van der Waals surface area contributed by atoms with Gasteiger partial charge in [0.15, 0.2) is 5.82 Å². The first-order valence-corrected chi connectivity index (χ1v) is 6.03. The molecule has 0 aliphatic heterocycles. The highest BCUT2D eigenvalue weighted by molar-refractivity contribution is 5.78. The molecule has 1 aromatic heterocycles. The first-order valence-electron chi connectivity index (χ1n) is 6.03. The molecule has 0 radical (unpaired) electrons. The maximum Gasteiger partial charge on any atom is 0.240 e. The van der Waals surface area contributed by atoms with Gasteiger partial charge in [0.25, 0.3) is 0 Å². The van der Waals surface area contributed by atoms with Gasteiger partial charge in [-0.1, -0.05) is 18.0 Å². The molecule has 1 heterocycles. The van der Waals surface area contributed by atoms with Crippen LogP contribution in [0.3, 0.4) is 0 Å². The van der Waals surface area contributed by atoms with Crippen molar-refractivity contribution >= 4 is 5.91 Å². The molecule has 0 spiro atoms. The van der Waals surface area contributed by atoms with Crippen LogP contribution in [0.2, 0.25) is 0 Å². The van der Waals surface area contributed by atoms with Crippen LogP contribution >= 0.6 is 0 Å². The molecule has 6 nitrogen and oxygen atoms in total. The molecule has 2 rings (SSSR count). The van der Waals surface area contributed by atoms with Crippen LogP contribution in [0.25, 0.3) is 0 Å². The fraction of sp³-hybridized carbons (Fsp3) is 0.727. The second-order valence-corrected chi connectivity index (χ2v) is 4.39. The standard InChI is InChI=1S/C11H18N4O2/c1-8-13-11(17-15-8)7-12-6-10(16)14-9-4-2-3-5-9/h9,12H,2-7H2,1H3,(H,14,16). The Morgan fingerprint density at radius 2 is 2.24 bits per heavy atom. The van der Waals surface area contributed by atoms with Crippen molar-refractivity contribution in [2.45, 2.75) is 45.2 Å². The summed E-state index contributed by atoms with van der Waals surface area (Å²) in [5, 5.41) is 9.65. The van der Waals surface area contributed by atoms with Gasteiger partial charge in [0.2, 0.25) is 11.8 Å². The molecule has 1 saturated carbocycles. The van der Waals surface area contributed by atoms with Crippen molar-refractivity contribution in [3.8, 4) is 0 Å². The van der Waals surface area contributed by atoms with Gasteiger partial charge in [-0.3, -0.25) is 10.1 Å². The van der Waals surface area contributed by atoms with Crippen molar-refractivity contribution in [1.29, 1.82) is 0 Å². The lowest BCUT2D eigenvalue weighted by molar-refractivity contribution is -0.120. The number of aryl methyl sites for hydroxylation is 1. The fourth-order valence-electron chi connectivity index (χ4n) is 2.04. The second-order valence-electron chi connectivity index (χ2n) is 4.39. The van der Waals surface area contributed by atoms with Gasteiger partial charge in [-0.05, 0) is 19.8 Å². The molecular weight excluding hydrogens is 220 g/mol. The Balaban J connectivity index is 1.62. The minimum absolute atomic E-state index is 0.0353. The Kier molecular flexibility index (Phi) is 4.08. The Bertz CT molecular complexity index is 371. The number of aromatic nitrogens is 2. The number of rotatable bonds is 5. The van der Waals surface area contributed by atoms with Gasteiger partial charge >= 0.3 is 0 Å². The van der Waals surface area contributed by atoms with E-state index in [1.807, 2.05) is 0 Å². The van der Waals surface area contributed by atoms with Crippen molar-refractivity contribution in [3.05, 3.63) is 11.7 Å². The monoisotopic (exact) mass is 238 g/mol. The van der Waals surface area contributed by atoms with Crippen LogP contribution in [-0.2, 0) is 11.3 Å². The lowest BCUT2D eigenvalue weighted by atomic mass is 10.2. The van der Waals surface area contributed by atoms with E-state index in [4.69, 9.17) is 4.52 Å². The summed E-state index contributed by atoms with van der Waals surface area (Å²) in [5.74, 6) is 1.15. The van der Waals surface area contributed by atoms with Gasteiger partial charge in [0, 0.05) is 6.04 Å². The molecule has 0 atom stereocenters. The van der Waals surface area contributed by atoms with Crippen LogP contribution in [0.1, 0.15) is 37.4 Å². The maximum absolute atomic E-state index is 11.6. The summed E-state index contributed by atoms with van der Waals surface area (Å²) in [6.45, 7) is 2.48. The molecule has 94 valence electrons. The fourth-order valence-corrected chi connectivity index (χ4v) is 2.04. The number of carbonyl (C=O) groups is 1. The smallest absolute Gasteiger partial charge is 0.240 e. The Labute approximate surface area is 100 Å². The number of carbonyl (C=O) groups excluding carboxylic acids is 1. The normalized spacial score (nSPS) is 16.3. The molecule has 1 aliphatic carbocycles. The molecule has 1 aliphatic rings. The third kappa shape index (κ3) is 3.81. The van der Waals surface area contributed by atoms with E-state index in [-0.39, 0.29) is 12.5 Å². The number of nitrogens with zero attached hydrogens (tertiary/aromatic N) is 2. The number of nitrogens with one attached hydrogen (secondary N) is 2. The predicted octanol–water partition coefficient (Wildman–Crippen LogP) is 0.526. The van der Waals surface area contributed by atoms with E-state index in [0.29, 0.717) is 24.3 Å². The van der Waals surface area contributed by atoms with Gasteiger partial charge in [-0.25, -0.2) is 0 Å². The van der Waals surface area contributed by atoms with Gasteiger partial charge in [-0.15, -0.1) is 0 Å². The van der Waals surface area contributed by atoms with Crippen molar-refractivity contribution in [3.63, 3.8) is 0 Å². The second kappa shape index (κ2) is 5.77. The highest BCUT2D eigenvalue weighted by Gasteiger charge is 2.16. The lowest BCUT2D eigenvalue weighted by Gasteiger charge is -2.11. The first-order chi connectivity index (χ1) is 8.24. The highest BCUT2D eigenvalue weighted by atomic mass is 16.5. The summed E-state index contributed by atoms with van der Waals surface area (Å²) >= 11 is 0. The summed E-state index contributed by atoms with van der Waals surface area (Å²) in [6, 6.07) is 0.370. The van der Waals surface area contributed by atoms with E-state index < -0.39 is 0 Å². The highest BCUT2D eigenvalue weighted by Crippen LogP contribution is 2.17. The SMILES string of the molecule is Cc1noc(CNCC(=O)NC2CCCC2)n1. The van der Waals surface area contributed by atoms with Crippen LogP contribution in [0.15, 0.2) is 4.52 Å². The molecule has 6 heteroatoms. The lowest BCUT2D eigenvalue weighted by Crippen LogP contribution is -2.38. The van der Waals surface area contributed by atoms with Crippen molar-refractivity contribution in [2.24, 2.45) is 0 Å². The summed E-state index contributed by atoms with van der Waals surface area (Å²) in [5.41, 5.74) is 0. The Morgan fingerprint density at radius 1 is 1.47 bits per heavy atom. The van der Waals surface area contributed by atoms with Gasteiger partial charge in [0.1, 0.15) is 0 Å². The first kappa shape index (κ1) is 12.0. The minimum atomic E-state index is 0.0353. The van der Waals surface area contributed by atoms with Crippen LogP contribution in [-0.4, -0.2) is 28.6 Å². The average Bonchev–Trinajstić information content (AvgIpc) is 2.90. The molecular formula is C11H18N4O2. The molecule has 1 fully saturated rings. The number of amides is 1. The summed E-state index contributed by atoms with van der Waals surface area (Å²) < 4.78 is 4.92. The number of hydrogen-bond acceptors (Lipinski definition) is 5. The summed E-state index contributed by atoms with van der Waals surface area (Å²) in [6.07, 6.45) is 4.66. The van der Waals surface area contributed by atoms with Crippen LogP contribution < -0.4 is 10.6 Å². The summed E-state index contributed by atoms with van der Waals surface area (Å²) in [4.78, 5) is 15.6. The van der Waals surface area contributed by atoms with Gasteiger partial charge in [-0.2, -0.15) is 4.98 Å². The quantitative estimate of drug-likeness (QED) is 0.782. The zero-order valence-corrected chi connectivity index (χ0v) is 10.0. The Hall–Kier alpha value is -1.43. The average molecular weight is 238 g/mol. The molecule has 1 aromatic rings. The minimum Gasteiger partial charge on any atom is -0.352 e. The van der Waals surface area contributed by atoms with E-state index >= 15 is 0 Å². The van der Waals surface area contributed by atoms with E-state index in [2.05, 4.69) is 20.8 Å². The largest absolute Gasteiger partial charge is 0.352 e. The maximum atomic E-state index is 11.6. The van der Waals surface area contributed by atoms with Crippen molar-refractivity contribution < 1.29 is 9.32 Å². The Morgan fingerprint density at radius 3 is 2.88 bits per heavy atom. The van der Waals surface area contributed by atoms with E-state index in [1.54, 1.807) is 6.92 Å². The molecule has 0 unspecified atom stereocenters. The van der Waals surface area contributed by atoms with Crippen molar-refractivity contribution in [1.82, 2.24) is 20.8 Å². The predicted molar refractivity (Wildman–Crippen MR) is 61.1 cm³/mol. The molecule has 0 bridgehead atoms. The zero-order chi connectivity index (χ0) is 12.1. The molecule has 2 N–H and O–H groups in total. The van der Waals surface area contributed by atoms with Crippen LogP contribution in [0, 0.1) is 6.92 Å². The third-order valence-corrected chi connectivity index (χ3v) is 2.85.